The van der Waals surface area contributed by atoms with Crippen molar-refractivity contribution in [2.24, 2.45) is 5.92 Å². The minimum Gasteiger partial charge on any atom is -0.342 e. The Kier molecular flexibility index (Phi) is 5.48. The van der Waals surface area contributed by atoms with Crippen molar-refractivity contribution in [3.05, 3.63) is 59.9 Å². The van der Waals surface area contributed by atoms with Crippen LogP contribution >= 0.6 is 0 Å². The van der Waals surface area contributed by atoms with E-state index in [0.29, 0.717) is 31.5 Å². The second-order valence-corrected chi connectivity index (χ2v) is 6.25. The first kappa shape index (κ1) is 17.2. The summed E-state index contributed by atoms with van der Waals surface area (Å²) in [5.41, 5.74) is 1.33. The molecule has 0 radical (unpaired) electrons. The number of rotatable bonds is 5. The van der Waals surface area contributed by atoms with E-state index in [9.17, 15) is 14.0 Å². The minimum absolute atomic E-state index is 0.0201. The monoisotopic (exact) mass is 341 g/mol. The van der Waals surface area contributed by atoms with Gasteiger partial charge >= 0.3 is 0 Å². The smallest absolute Gasteiger partial charge is 0.222 e. The van der Waals surface area contributed by atoms with Gasteiger partial charge in [0.1, 0.15) is 12.1 Å². The highest BCUT2D eigenvalue weighted by Crippen LogP contribution is 2.22. The summed E-state index contributed by atoms with van der Waals surface area (Å²) in [5, 5.41) is 0. The van der Waals surface area contributed by atoms with Crippen molar-refractivity contribution < 1.29 is 14.0 Å². The van der Waals surface area contributed by atoms with Crippen molar-refractivity contribution in [2.45, 2.75) is 25.7 Å². The number of hydrogen-bond acceptors (Lipinski definition) is 4. The molecule has 2 heterocycles. The van der Waals surface area contributed by atoms with E-state index < -0.39 is 0 Å². The number of aromatic nitrogens is 2. The first-order valence-corrected chi connectivity index (χ1v) is 8.46. The number of aryl methyl sites for hydroxylation is 1. The van der Waals surface area contributed by atoms with Crippen LogP contribution in [0.1, 0.15) is 35.3 Å². The fourth-order valence-electron chi connectivity index (χ4n) is 3.13. The van der Waals surface area contributed by atoms with Gasteiger partial charge in [0.2, 0.25) is 5.91 Å². The lowest BCUT2D eigenvalue weighted by atomic mass is 9.90. The molecule has 130 valence electrons. The van der Waals surface area contributed by atoms with E-state index in [1.807, 2.05) is 0 Å². The standard InChI is InChI=1S/C19H20FN3O2/c20-16-5-3-14(4-6-16)19(25)15-2-1-11-23(12-15)18(24)8-7-17-9-10-21-13-22-17/h3-6,9-10,13,15H,1-2,7-8,11-12H2/t15-/m0/s1. The van der Waals surface area contributed by atoms with Gasteiger partial charge in [0.25, 0.3) is 0 Å². The number of Topliss-reactive ketones (excluding diaryl/α,β-unsaturated/α-hetero) is 1. The largest absolute Gasteiger partial charge is 0.342 e. The summed E-state index contributed by atoms with van der Waals surface area (Å²) in [4.78, 5) is 34.8. The lowest BCUT2D eigenvalue weighted by Crippen LogP contribution is -2.42. The van der Waals surface area contributed by atoms with E-state index in [-0.39, 0.29) is 23.4 Å². The lowest BCUT2D eigenvalue weighted by molar-refractivity contribution is -0.132. The van der Waals surface area contributed by atoms with Crippen LogP contribution in [0.25, 0.3) is 0 Å². The molecule has 1 aliphatic heterocycles. The maximum Gasteiger partial charge on any atom is 0.222 e. The second kappa shape index (κ2) is 7.96. The van der Waals surface area contributed by atoms with Crippen LogP contribution in [-0.2, 0) is 11.2 Å². The Bertz CT molecular complexity index is 734. The third-order valence-electron chi connectivity index (χ3n) is 4.51. The molecule has 0 spiro atoms. The van der Waals surface area contributed by atoms with Crippen LogP contribution < -0.4 is 0 Å². The number of halogens is 1. The summed E-state index contributed by atoms with van der Waals surface area (Å²) < 4.78 is 13.0. The zero-order chi connectivity index (χ0) is 17.6. The molecular formula is C19H20FN3O2. The quantitative estimate of drug-likeness (QED) is 0.785. The molecule has 2 aromatic rings. The van der Waals surface area contributed by atoms with Crippen molar-refractivity contribution in [2.75, 3.05) is 13.1 Å². The molecule has 1 aliphatic rings. The normalized spacial score (nSPS) is 17.3. The topological polar surface area (TPSA) is 63.2 Å². The van der Waals surface area contributed by atoms with E-state index in [2.05, 4.69) is 9.97 Å². The van der Waals surface area contributed by atoms with Gasteiger partial charge in [-0.15, -0.1) is 0 Å². The number of carbonyl (C=O) groups excluding carboxylic acids is 2. The Morgan fingerprint density at radius 3 is 2.72 bits per heavy atom. The van der Waals surface area contributed by atoms with Crippen LogP contribution in [0, 0.1) is 11.7 Å². The Hall–Kier alpha value is -2.63. The third kappa shape index (κ3) is 4.47. The van der Waals surface area contributed by atoms with Gasteiger partial charge < -0.3 is 4.90 Å². The predicted molar refractivity (Wildman–Crippen MR) is 90.4 cm³/mol. The summed E-state index contributed by atoms with van der Waals surface area (Å²) in [7, 11) is 0. The number of amides is 1. The van der Waals surface area contributed by atoms with Crippen LogP contribution in [0.15, 0.2) is 42.9 Å². The Morgan fingerprint density at radius 1 is 1.20 bits per heavy atom. The van der Waals surface area contributed by atoms with E-state index in [1.54, 1.807) is 17.2 Å². The van der Waals surface area contributed by atoms with E-state index in [0.717, 1.165) is 18.5 Å². The molecule has 1 aromatic heterocycles. The summed E-state index contributed by atoms with van der Waals surface area (Å²) in [6.07, 6.45) is 5.62. The highest BCUT2D eigenvalue weighted by Gasteiger charge is 2.28. The molecule has 0 aliphatic carbocycles. The molecule has 3 rings (SSSR count). The first-order valence-electron chi connectivity index (χ1n) is 8.46. The zero-order valence-corrected chi connectivity index (χ0v) is 13.9. The maximum absolute atomic E-state index is 13.0. The Balaban J connectivity index is 1.57. The highest BCUT2D eigenvalue weighted by molar-refractivity contribution is 5.98. The molecule has 5 nitrogen and oxygen atoms in total. The average molecular weight is 341 g/mol. The van der Waals surface area contributed by atoms with Crippen molar-refractivity contribution in [1.82, 2.24) is 14.9 Å². The number of nitrogens with zero attached hydrogens (tertiary/aromatic N) is 3. The van der Waals surface area contributed by atoms with Gasteiger partial charge in [-0.25, -0.2) is 14.4 Å². The van der Waals surface area contributed by atoms with E-state index >= 15 is 0 Å². The van der Waals surface area contributed by atoms with Crippen molar-refractivity contribution in [3.8, 4) is 0 Å². The molecule has 1 aromatic carbocycles. The number of benzene rings is 1. The van der Waals surface area contributed by atoms with E-state index in [1.165, 1.54) is 30.6 Å². The molecule has 0 unspecified atom stereocenters. The van der Waals surface area contributed by atoms with Crippen LogP contribution in [0.2, 0.25) is 0 Å². The van der Waals surface area contributed by atoms with Crippen LogP contribution in [-0.4, -0.2) is 39.6 Å². The Labute approximate surface area is 145 Å². The lowest BCUT2D eigenvalue weighted by Gasteiger charge is -2.32. The fourth-order valence-corrected chi connectivity index (χ4v) is 3.13. The van der Waals surface area contributed by atoms with Crippen molar-refractivity contribution in [1.29, 1.82) is 0 Å². The van der Waals surface area contributed by atoms with Gasteiger partial charge in [0.05, 0.1) is 0 Å². The summed E-state index contributed by atoms with van der Waals surface area (Å²) >= 11 is 0. The van der Waals surface area contributed by atoms with Crippen LogP contribution in [0.4, 0.5) is 4.39 Å². The first-order chi connectivity index (χ1) is 12.1. The molecule has 0 saturated carbocycles. The molecule has 1 fully saturated rings. The van der Waals surface area contributed by atoms with Gasteiger partial charge in [-0.3, -0.25) is 9.59 Å². The molecule has 0 bridgehead atoms. The third-order valence-corrected chi connectivity index (χ3v) is 4.51. The SMILES string of the molecule is O=C(c1ccc(F)cc1)[C@H]1CCCN(C(=O)CCc2ccncn2)C1. The van der Waals surface area contributed by atoms with Gasteiger partial charge in [-0.1, -0.05) is 0 Å². The van der Waals surface area contributed by atoms with Gasteiger partial charge in [0.15, 0.2) is 5.78 Å². The average Bonchev–Trinajstić information content (AvgIpc) is 2.67. The minimum atomic E-state index is -0.360. The summed E-state index contributed by atoms with van der Waals surface area (Å²) in [6.45, 7) is 1.11. The van der Waals surface area contributed by atoms with Crippen LogP contribution in [0.3, 0.4) is 0 Å². The molecule has 1 saturated heterocycles. The van der Waals surface area contributed by atoms with Crippen molar-refractivity contribution in [3.63, 3.8) is 0 Å². The van der Waals surface area contributed by atoms with Gasteiger partial charge in [-0.05, 0) is 49.6 Å². The number of hydrogen-bond donors (Lipinski definition) is 0. The number of likely N-dealkylation sites (tertiary alicyclic amines) is 1. The maximum atomic E-state index is 13.0. The van der Waals surface area contributed by atoms with E-state index in [4.69, 9.17) is 0 Å². The molecular weight excluding hydrogens is 321 g/mol. The van der Waals surface area contributed by atoms with Crippen molar-refractivity contribution >= 4 is 11.7 Å². The molecule has 1 amide bonds. The Morgan fingerprint density at radius 2 is 2.00 bits per heavy atom. The number of ketones is 1. The zero-order valence-electron chi connectivity index (χ0n) is 13.9. The molecule has 6 heteroatoms. The fraction of sp³-hybridized carbons (Fsp3) is 0.368. The van der Waals surface area contributed by atoms with Crippen LogP contribution in [0.5, 0.6) is 0 Å². The number of piperidine rings is 1. The number of carbonyl (C=O) groups is 2. The predicted octanol–water partition coefficient (Wildman–Crippen LogP) is 2.67. The second-order valence-electron chi connectivity index (χ2n) is 6.25. The van der Waals surface area contributed by atoms with Gasteiger partial charge in [0, 0.05) is 42.9 Å². The summed E-state index contributed by atoms with van der Waals surface area (Å²) in [6, 6.07) is 7.40. The van der Waals surface area contributed by atoms with Gasteiger partial charge in [-0.2, -0.15) is 0 Å². The molecule has 0 N–H and O–H groups in total. The summed E-state index contributed by atoms with van der Waals surface area (Å²) in [5.74, 6) is -0.563. The molecule has 25 heavy (non-hydrogen) atoms. The highest BCUT2D eigenvalue weighted by atomic mass is 19.1. The molecule has 1 atom stereocenters.